The molecule has 2 aromatic rings. The highest BCUT2D eigenvalue weighted by molar-refractivity contribution is 5.97. The first-order valence-electron chi connectivity index (χ1n) is 8.55. The van der Waals surface area contributed by atoms with Gasteiger partial charge in [0, 0.05) is 24.6 Å². The third-order valence-corrected chi connectivity index (χ3v) is 5.88. The van der Waals surface area contributed by atoms with E-state index in [0.717, 1.165) is 43.3 Å². The number of nitrogens with one attached hydrogen (secondary N) is 1. The second-order valence-corrected chi connectivity index (χ2v) is 7.06. The number of fused-ring (bicyclic) bond motifs is 2. The second kappa shape index (κ2) is 5.34. The molecule has 3 atom stereocenters. The standard InChI is InChI=1S/C18H23N3O2/c1-2-18(23)7-3-4-13-9-21(10-14(13)18)17(22)12-5-6-15-16(8-12)20-11-19-15/h5-6,8,11,13-14,23H,2-4,7,9-10H2,1H3,(H,19,20)/t13-,14+,18-/m1/s1. The van der Waals surface area contributed by atoms with Crippen LogP contribution in [0.5, 0.6) is 0 Å². The lowest BCUT2D eigenvalue weighted by Crippen LogP contribution is -2.44. The molecule has 0 unspecified atom stereocenters. The van der Waals surface area contributed by atoms with Gasteiger partial charge in [-0.25, -0.2) is 4.98 Å². The van der Waals surface area contributed by atoms with Gasteiger partial charge in [-0.2, -0.15) is 0 Å². The number of carbonyl (C=O) groups is 1. The molecule has 1 aliphatic carbocycles. The van der Waals surface area contributed by atoms with Gasteiger partial charge in [-0.05, 0) is 43.4 Å². The zero-order valence-corrected chi connectivity index (χ0v) is 13.5. The fraction of sp³-hybridized carbons (Fsp3) is 0.556. The predicted molar refractivity (Wildman–Crippen MR) is 88.1 cm³/mol. The largest absolute Gasteiger partial charge is 0.390 e. The molecule has 122 valence electrons. The lowest BCUT2D eigenvalue weighted by Gasteiger charge is -2.40. The molecule has 0 spiro atoms. The minimum atomic E-state index is -0.592. The molecule has 2 aliphatic rings. The van der Waals surface area contributed by atoms with Gasteiger partial charge in [0.25, 0.3) is 5.91 Å². The minimum Gasteiger partial charge on any atom is -0.390 e. The molecule has 5 nitrogen and oxygen atoms in total. The Morgan fingerprint density at radius 1 is 1.48 bits per heavy atom. The summed E-state index contributed by atoms with van der Waals surface area (Å²) in [4.78, 5) is 22.0. The molecule has 2 heterocycles. The van der Waals surface area contributed by atoms with Crippen LogP contribution >= 0.6 is 0 Å². The van der Waals surface area contributed by atoms with E-state index >= 15 is 0 Å². The topological polar surface area (TPSA) is 69.2 Å². The Balaban J connectivity index is 1.57. The number of amides is 1. The lowest BCUT2D eigenvalue weighted by molar-refractivity contribution is -0.0609. The molecule has 1 amide bonds. The molecule has 1 saturated carbocycles. The average Bonchev–Trinajstić information content (AvgIpc) is 3.20. The van der Waals surface area contributed by atoms with Gasteiger partial charge in [-0.15, -0.1) is 0 Å². The Labute approximate surface area is 135 Å². The molecular formula is C18H23N3O2. The molecule has 1 aromatic heterocycles. The summed E-state index contributed by atoms with van der Waals surface area (Å²) in [7, 11) is 0. The van der Waals surface area contributed by atoms with E-state index in [1.54, 1.807) is 6.33 Å². The molecule has 1 aromatic carbocycles. The van der Waals surface area contributed by atoms with Crippen molar-refractivity contribution in [1.82, 2.24) is 14.9 Å². The molecule has 23 heavy (non-hydrogen) atoms. The van der Waals surface area contributed by atoms with Crippen LogP contribution in [0.2, 0.25) is 0 Å². The average molecular weight is 313 g/mol. The first kappa shape index (κ1) is 14.7. The highest BCUT2D eigenvalue weighted by Crippen LogP contribution is 2.44. The fourth-order valence-electron chi connectivity index (χ4n) is 4.48. The van der Waals surface area contributed by atoms with E-state index in [-0.39, 0.29) is 11.8 Å². The monoisotopic (exact) mass is 313 g/mol. The van der Waals surface area contributed by atoms with Crippen molar-refractivity contribution in [3.63, 3.8) is 0 Å². The third-order valence-electron chi connectivity index (χ3n) is 5.88. The van der Waals surface area contributed by atoms with Crippen LogP contribution in [0, 0.1) is 11.8 Å². The Bertz CT molecular complexity index is 741. The van der Waals surface area contributed by atoms with E-state index in [4.69, 9.17) is 0 Å². The number of aliphatic hydroxyl groups is 1. The summed E-state index contributed by atoms with van der Waals surface area (Å²) in [6, 6.07) is 5.60. The number of aromatic amines is 1. The van der Waals surface area contributed by atoms with E-state index in [2.05, 4.69) is 16.9 Å². The quantitative estimate of drug-likeness (QED) is 0.895. The normalized spacial score (nSPS) is 30.6. The van der Waals surface area contributed by atoms with Crippen molar-refractivity contribution in [1.29, 1.82) is 0 Å². The van der Waals surface area contributed by atoms with Crippen LogP contribution in [0.4, 0.5) is 0 Å². The van der Waals surface area contributed by atoms with Crippen molar-refractivity contribution in [3.05, 3.63) is 30.1 Å². The Hall–Kier alpha value is -1.88. The van der Waals surface area contributed by atoms with Crippen LogP contribution in [0.15, 0.2) is 24.5 Å². The number of hydrogen-bond donors (Lipinski definition) is 2. The molecule has 2 N–H and O–H groups in total. The summed E-state index contributed by atoms with van der Waals surface area (Å²) in [5.41, 5.74) is 1.86. The molecule has 2 fully saturated rings. The fourth-order valence-corrected chi connectivity index (χ4v) is 4.48. The molecule has 1 aliphatic heterocycles. The smallest absolute Gasteiger partial charge is 0.253 e. The second-order valence-electron chi connectivity index (χ2n) is 7.06. The summed E-state index contributed by atoms with van der Waals surface area (Å²) >= 11 is 0. The highest BCUT2D eigenvalue weighted by atomic mass is 16.3. The molecule has 0 bridgehead atoms. The van der Waals surface area contributed by atoms with Gasteiger partial charge in [-0.1, -0.05) is 13.3 Å². The summed E-state index contributed by atoms with van der Waals surface area (Å²) < 4.78 is 0. The number of benzene rings is 1. The lowest BCUT2D eigenvalue weighted by atomic mass is 9.69. The van der Waals surface area contributed by atoms with Crippen LogP contribution in [-0.2, 0) is 0 Å². The van der Waals surface area contributed by atoms with Crippen molar-refractivity contribution in [2.45, 2.75) is 38.2 Å². The molecule has 4 rings (SSSR count). The van der Waals surface area contributed by atoms with Gasteiger partial charge in [0.1, 0.15) is 0 Å². The highest BCUT2D eigenvalue weighted by Gasteiger charge is 2.48. The number of H-pyrrole nitrogens is 1. The molecule has 5 heteroatoms. The maximum Gasteiger partial charge on any atom is 0.253 e. The van der Waals surface area contributed by atoms with Gasteiger partial charge < -0.3 is 15.0 Å². The maximum absolute atomic E-state index is 12.9. The van der Waals surface area contributed by atoms with Crippen molar-refractivity contribution in [3.8, 4) is 0 Å². The van der Waals surface area contributed by atoms with E-state index in [1.165, 1.54) is 0 Å². The number of aromatic nitrogens is 2. The van der Waals surface area contributed by atoms with Gasteiger partial charge >= 0.3 is 0 Å². The van der Waals surface area contributed by atoms with Crippen LogP contribution in [0.1, 0.15) is 43.0 Å². The van der Waals surface area contributed by atoms with Crippen LogP contribution < -0.4 is 0 Å². The number of nitrogens with zero attached hydrogens (tertiary/aromatic N) is 2. The summed E-state index contributed by atoms with van der Waals surface area (Å²) in [5, 5.41) is 10.9. The number of hydrogen-bond acceptors (Lipinski definition) is 3. The third kappa shape index (κ3) is 2.34. The Morgan fingerprint density at radius 3 is 3.17 bits per heavy atom. The molecular weight excluding hydrogens is 290 g/mol. The summed E-state index contributed by atoms with van der Waals surface area (Å²) in [6.07, 6.45) is 5.47. The first-order valence-corrected chi connectivity index (χ1v) is 8.55. The maximum atomic E-state index is 12.9. The SMILES string of the molecule is CC[C@@]1(O)CCC[C@@H]2CN(C(=O)c3ccc4nc[nH]c4c3)C[C@@H]21. The zero-order valence-electron chi connectivity index (χ0n) is 13.5. The van der Waals surface area contributed by atoms with Crippen LogP contribution in [0.3, 0.4) is 0 Å². The van der Waals surface area contributed by atoms with Crippen LogP contribution in [0.25, 0.3) is 11.0 Å². The summed E-state index contributed by atoms with van der Waals surface area (Å²) in [6.45, 7) is 3.50. The van der Waals surface area contributed by atoms with Gasteiger partial charge in [0.2, 0.25) is 0 Å². The van der Waals surface area contributed by atoms with Crippen LogP contribution in [-0.4, -0.2) is 44.6 Å². The Kier molecular flexibility index (Phi) is 3.41. The van der Waals surface area contributed by atoms with E-state index in [0.29, 0.717) is 18.0 Å². The van der Waals surface area contributed by atoms with Gasteiger partial charge in [-0.3, -0.25) is 4.79 Å². The minimum absolute atomic E-state index is 0.0642. The van der Waals surface area contributed by atoms with Crippen molar-refractivity contribution >= 4 is 16.9 Å². The molecule has 0 radical (unpaired) electrons. The van der Waals surface area contributed by atoms with Gasteiger partial charge in [0.05, 0.1) is 23.0 Å². The number of imidazole rings is 1. The van der Waals surface area contributed by atoms with Crippen molar-refractivity contribution in [2.75, 3.05) is 13.1 Å². The number of likely N-dealkylation sites (tertiary alicyclic amines) is 1. The van der Waals surface area contributed by atoms with Crippen molar-refractivity contribution < 1.29 is 9.90 Å². The van der Waals surface area contributed by atoms with E-state index in [1.807, 2.05) is 23.1 Å². The van der Waals surface area contributed by atoms with Crippen molar-refractivity contribution in [2.24, 2.45) is 11.8 Å². The predicted octanol–water partition coefficient (Wildman–Crippen LogP) is 2.58. The first-order chi connectivity index (χ1) is 11.1. The number of rotatable bonds is 2. The van der Waals surface area contributed by atoms with Gasteiger partial charge in [0.15, 0.2) is 0 Å². The summed E-state index contributed by atoms with van der Waals surface area (Å²) in [5.74, 6) is 0.726. The number of carbonyl (C=O) groups excluding carboxylic acids is 1. The Morgan fingerprint density at radius 2 is 2.35 bits per heavy atom. The van der Waals surface area contributed by atoms with E-state index in [9.17, 15) is 9.90 Å². The molecule has 1 saturated heterocycles. The van der Waals surface area contributed by atoms with E-state index < -0.39 is 5.60 Å². The zero-order chi connectivity index (χ0) is 16.0.